The van der Waals surface area contributed by atoms with Crippen molar-refractivity contribution < 1.29 is 4.79 Å². The maximum absolute atomic E-state index is 13.7. The average molecular weight is 528 g/mol. The Kier molecular flexibility index (Phi) is 9.73. The summed E-state index contributed by atoms with van der Waals surface area (Å²) >= 11 is 0. The molecule has 216 valence electrons. The van der Waals surface area contributed by atoms with E-state index in [1.165, 1.54) is 64.2 Å². The van der Waals surface area contributed by atoms with Gasteiger partial charge < -0.3 is 16.8 Å². The average Bonchev–Trinajstić information content (AvgIpc) is 3.31. The van der Waals surface area contributed by atoms with Crippen LogP contribution in [0.15, 0.2) is 0 Å². The molecule has 0 aromatic carbocycles. The molecule has 1 amide bonds. The minimum atomic E-state index is -0.00461. The standard InChI is InChI=1S/C32H57N5O/c1-2-21-6-8-23(9-7-21)24-5-3-4-22(18-24)16-17-37-29-20-26(31(34)35)11-10-25(29)19-30(37)32(38)36-28-14-12-27(33)13-15-28/h21-30H,2-20,33H2,1H3,(H3,34,35)(H,36,38). The van der Waals surface area contributed by atoms with Gasteiger partial charge in [-0.2, -0.15) is 0 Å². The number of hydrogen-bond donors (Lipinski definition) is 4. The third-order valence-electron chi connectivity index (χ3n) is 11.9. The number of nitrogens with two attached hydrogens (primary N) is 2. The first-order chi connectivity index (χ1) is 18.4. The highest BCUT2D eigenvalue weighted by molar-refractivity contribution is 5.83. The van der Waals surface area contributed by atoms with Crippen molar-refractivity contribution in [3.05, 3.63) is 0 Å². The zero-order valence-electron chi connectivity index (χ0n) is 24.2. The number of hydrogen-bond acceptors (Lipinski definition) is 4. The molecule has 4 saturated carbocycles. The van der Waals surface area contributed by atoms with E-state index in [1.807, 2.05) is 0 Å². The predicted octanol–water partition coefficient (Wildman–Crippen LogP) is 5.58. The van der Waals surface area contributed by atoms with E-state index in [1.54, 1.807) is 0 Å². The van der Waals surface area contributed by atoms with Crippen LogP contribution in [0.25, 0.3) is 0 Å². The van der Waals surface area contributed by atoms with Crippen molar-refractivity contribution in [2.45, 2.75) is 147 Å². The molecule has 0 aromatic rings. The zero-order chi connectivity index (χ0) is 26.6. The smallest absolute Gasteiger partial charge is 0.237 e. The molecule has 6 nitrogen and oxygen atoms in total. The third-order valence-corrected chi connectivity index (χ3v) is 11.9. The molecule has 38 heavy (non-hydrogen) atoms. The van der Waals surface area contributed by atoms with Crippen molar-refractivity contribution in [2.24, 2.45) is 47.0 Å². The molecular weight excluding hydrogens is 470 g/mol. The molecule has 5 fully saturated rings. The lowest BCUT2D eigenvalue weighted by molar-refractivity contribution is -0.127. The number of fused-ring (bicyclic) bond motifs is 1. The topological polar surface area (TPSA) is 108 Å². The minimum Gasteiger partial charge on any atom is -0.387 e. The minimum absolute atomic E-state index is 0.00461. The number of rotatable bonds is 8. The molecule has 1 aliphatic heterocycles. The Morgan fingerprint density at radius 2 is 1.58 bits per heavy atom. The van der Waals surface area contributed by atoms with Gasteiger partial charge in [-0.05, 0) is 113 Å². The fourth-order valence-corrected chi connectivity index (χ4v) is 9.39. The van der Waals surface area contributed by atoms with Gasteiger partial charge in [-0.25, -0.2) is 0 Å². The van der Waals surface area contributed by atoms with Crippen LogP contribution in [0.5, 0.6) is 0 Å². The van der Waals surface area contributed by atoms with Crippen molar-refractivity contribution in [1.82, 2.24) is 10.2 Å². The summed E-state index contributed by atoms with van der Waals surface area (Å²) in [5.74, 6) is 5.08. The summed E-state index contributed by atoms with van der Waals surface area (Å²) in [5, 5.41) is 11.6. The first kappa shape index (κ1) is 28.4. The van der Waals surface area contributed by atoms with Crippen LogP contribution in [0.3, 0.4) is 0 Å². The van der Waals surface area contributed by atoms with Gasteiger partial charge in [0.25, 0.3) is 0 Å². The van der Waals surface area contributed by atoms with Gasteiger partial charge in [-0.3, -0.25) is 15.1 Å². The third kappa shape index (κ3) is 6.77. The highest BCUT2D eigenvalue weighted by atomic mass is 16.2. The molecule has 6 unspecified atom stereocenters. The van der Waals surface area contributed by atoms with E-state index in [0.29, 0.717) is 29.9 Å². The lowest BCUT2D eigenvalue weighted by Gasteiger charge is -2.40. The van der Waals surface area contributed by atoms with Crippen LogP contribution in [0.4, 0.5) is 0 Å². The number of nitrogens with one attached hydrogen (secondary N) is 2. The molecule has 1 heterocycles. The van der Waals surface area contributed by atoms with Crippen LogP contribution in [-0.2, 0) is 4.79 Å². The summed E-state index contributed by atoms with van der Waals surface area (Å²) in [4.78, 5) is 16.3. The first-order valence-electron chi connectivity index (χ1n) is 16.6. The van der Waals surface area contributed by atoms with E-state index in [2.05, 4.69) is 17.1 Å². The largest absolute Gasteiger partial charge is 0.387 e. The van der Waals surface area contributed by atoms with E-state index in [-0.39, 0.29) is 17.9 Å². The second-order valence-corrected chi connectivity index (χ2v) is 14.2. The van der Waals surface area contributed by atoms with Crippen LogP contribution in [0.2, 0.25) is 0 Å². The van der Waals surface area contributed by atoms with Gasteiger partial charge in [-0.1, -0.05) is 45.4 Å². The summed E-state index contributed by atoms with van der Waals surface area (Å²) in [6.45, 7) is 3.41. The first-order valence-corrected chi connectivity index (χ1v) is 16.6. The number of likely N-dealkylation sites (tertiary alicyclic amines) is 1. The van der Waals surface area contributed by atoms with Crippen molar-refractivity contribution in [1.29, 1.82) is 5.41 Å². The van der Waals surface area contributed by atoms with E-state index < -0.39 is 0 Å². The van der Waals surface area contributed by atoms with Gasteiger partial charge in [0, 0.05) is 24.0 Å². The quantitative estimate of drug-likeness (QED) is 0.244. The monoisotopic (exact) mass is 527 g/mol. The Bertz CT molecular complexity index is 787. The predicted molar refractivity (Wildman–Crippen MR) is 156 cm³/mol. The molecule has 6 atom stereocenters. The van der Waals surface area contributed by atoms with Gasteiger partial charge in [-0.15, -0.1) is 0 Å². The van der Waals surface area contributed by atoms with E-state index >= 15 is 0 Å². The molecule has 0 aromatic heterocycles. The molecule has 1 saturated heterocycles. The normalized spacial score (nSPS) is 42.4. The van der Waals surface area contributed by atoms with Crippen LogP contribution < -0.4 is 16.8 Å². The summed E-state index contributed by atoms with van der Waals surface area (Å²) in [7, 11) is 0. The number of nitrogens with zero attached hydrogens (tertiary/aromatic N) is 1. The van der Waals surface area contributed by atoms with Crippen molar-refractivity contribution in [2.75, 3.05) is 6.54 Å². The van der Waals surface area contributed by atoms with Gasteiger partial charge in [0.1, 0.15) is 0 Å². The van der Waals surface area contributed by atoms with Crippen molar-refractivity contribution in [3.63, 3.8) is 0 Å². The number of amides is 1. The van der Waals surface area contributed by atoms with Crippen molar-refractivity contribution >= 4 is 11.7 Å². The molecule has 4 aliphatic carbocycles. The van der Waals surface area contributed by atoms with Gasteiger partial charge in [0.15, 0.2) is 0 Å². The molecule has 0 radical (unpaired) electrons. The molecule has 6 N–H and O–H groups in total. The Morgan fingerprint density at radius 3 is 2.29 bits per heavy atom. The molecular formula is C32H57N5O. The summed E-state index contributed by atoms with van der Waals surface area (Å²) in [6.07, 6.45) is 22.2. The van der Waals surface area contributed by atoms with Gasteiger partial charge in [0.2, 0.25) is 5.91 Å². The van der Waals surface area contributed by atoms with Crippen LogP contribution >= 0.6 is 0 Å². The summed E-state index contributed by atoms with van der Waals surface area (Å²) < 4.78 is 0. The maximum Gasteiger partial charge on any atom is 0.237 e. The van der Waals surface area contributed by atoms with Crippen LogP contribution in [0, 0.1) is 40.9 Å². The Labute approximate surface area is 232 Å². The second-order valence-electron chi connectivity index (χ2n) is 14.2. The van der Waals surface area contributed by atoms with E-state index in [4.69, 9.17) is 16.9 Å². The number of carbonyl (C=O) groups is 1. The Hall–Kier alpha value is -1.14. The van der Waals surface area contributed by atoms with E-state index in [0.717, 1.165) is 81.6 Å². The lowest BCUT2D eigenvalue weighted by atomic mass is 9.68. The molecule has 6 heteroatoms. The molecule has 5 aliphatic rings. The molecule has 0 spiro atoms. The lowest BCUT2D eigenvalue weighted by Crippen LogP contribution is -2.51. The Morgan fingerprint density at radius 1 is 0.842 bits per heavy atom. The molecule has 5 rings (SSSR count). The molecule has 0 bridgehead atoms. The fraction of sp³-hybridized carbons (Fsp3) is 0.938. The summed E-state index contributed by atoms with van der Waals surface area (Å²) in [5.41, 5.74) is 12.1. The number of carbonyl (C=O) groups excluding carboxylic acids is 1. The van der Waals surface area contributed by atoms with Gasteiger partial charge >= 0.3 is 0 Å². The van der Waals surface area contributed by atoms with Gasteiger partial charge in [0.05, 0.1) is 11.9 Å². The summed E-state index contributed by atoms with van der Waals surface area (Å²) in [6, 6.07) is 1.00. The number of amidine groups is 1. The SMILES string of the molecule is CCC1CCC(C2CCCC(CCN3C(C(=O)NC4CCC(N)CC4)CC4CCC(C(=N)N)CC43)C2)CC1. The zero-order valence-corrected chi connectivity index (χ0v) is 24.2. The fourth-order valence-electron chi connectivity index (χ4n) is 9.39. The van der Waals surface area contributed by atoms with Crippen LogP contribution in [-0.4, -0.2) is 47.4 Å². The highest BCUT2D eigenvalue weighted by Gasteiger charge is 2.47. The van der Waals surface area contributed by atoms with E-state index in [9.17, 15) is 4.79 Å². The van der Waals surface area contributed by atoms with Crippen LogP contribution in [0.1, 0.15) is 122 Å². The highest BCUT2D eigenvalue weighted by Crippen LogP contribution is 2.45. The Balaban J connectivity index is 1.20. The second kappa shape index (κ2) is 13.0. The maximum atomic E-state index is 13.7. The van der Waals surface area contributed by atoms with Crippen molar-refractivity contribution in [3.8, 4) is 0 Å².